The fraction of sp³-hybridized carbons (Fsp3) is 0.696. The van der Waals surface area contributed by atoms with Gasteiger partial charge in [0, 0.05) is 37.7 Å². The molecule has 5 aliphatic rings. The van der Waals surface area contributed by atoms with Crippen LogP contribution in [0.4, 0.5) is 0 Å². The third-order valence-corrected chi connectivity index (χ3v) is 19.0. The topological polar surface area (TPSA) is 592 Å². The number of guanidine groups is 1. The summed E-state index contributed by atoms with van der Waals surface area (Å²) in [5.74, 6) is -19.0. The van der Waals surface area contributed by atoms with Gasteiger partial charge < -0.3 is 111 Å². The zero-order valence-electron chi connectivity index (χ0n) is 53.6. The van der Waals surface area contributed by atoms with Gasteiger partial charge >= 0.3 is 0 Å². The van der Waals surface area contributed by atoms with E-state index >= 15 is 0 Å². The van der Waals surface area contributed by atoms with E-state index in [4.69, 9.17) is 22.9 Å². The fourth-order valence-electron chi connectivity index (χ4n) is 11.2. The zero-order chi connectivity index (χ0) is 71.2. The van der Waals surface area contributed by atoms with Gasteiger partial charge in [-0.2, -0.15) is 0 Å². The maximum Gasteiger partial charge on any atom is 0.246 e. The summed E-state index contributed by atoms with van der Waals surface area (Å²) in [4.78, 5) is 231. The first-order valence-corrected chi connectivity index (χ1v) is 33.9. The quantitative estimate of drug-likeness (QED) is 0.0352. The third-order valence-electron chi connectivity index (χ3n) is 16.6. The standard InChI is InChI=1S/C56H89N19O19S2/c1-5-25(2)41-51(90)68-32-23-95-96-24-33(69-52(91)42(26(3)77)70-39(81)20-62-44(83)29(18-37(57)79)65-49(88)34-11-7-16-74(34)54(93)30(19-38(58)80)66-47(32)86)48(87)72-43(27(4)78)53(92)64-28(10-6-14-61-56(59)60)46(85)67-31(22-76)45(84)63-21-40(82)73-15-9-13-36(73)55(94)75-17-8-12-35(75)50(89)71-41/h25-36,41-43,76-78H,5-24H2,1-4H3,(H2,57,79)(H2,58,80)(H,62,83)(H,63,84)(H,64,92)(H,65,88)(H,66,86)(H,67,85)(H,68,90)(H,69,91)(H,70,81)(H,71,89)(H,72,87)(H4,59,60,61)/t25-,26+,27+,28-,29-,30-,31-,32-,33-,34-,35-,36-,41-,42-,43-/m0/s1. The van der Waals surface area contributed by atoms with Crippen LogP contribution in [0.5, 0.6) is 0 Å². The number of aliphatic imine (C=N–C) groups is 1. The predicted octanol–water partition coefficient (Wildman–Crippen LogP) is -10.4. The first-order valence-electron chi connectivity index (χ1n) is 31.4. The summed E-state index contributed by atoms with van der Waals surface area (Å²) in [6.07, 6.45) is -4.41. The molecule has 0 aromatic carbocycles. The number of aliphatic hydroxyl groups excluding tert-OH is 3. The Bertz CT molecular complexity index is 2960. The number of aliphatic hydroxyl groups is 3. The smallest absolute Gasteiger partial charge is 0.246 e. The van der Waals surface area contributed by atoms with E-state index in [0.29, 0.717) is 12.8 Å². The molecule has 0 aliphatic carbocycles. The van der Waals surface area contributed by atoms with Gasteiger partial charge in [0.25, 0.3) is 0 Å². The van der Waals surface area contributed by atoms with Crippen LogP contribution in [0.3, 0.4) is 0 Å². The average Bonchev–Trinajstić information content (AvgIpc) is 1.52. The van der Waals surface area contributed by atoms with E-state index in [2.05, 4.69) is 63.5 Å². The number of fused-ring (bicyclic) bond motifs is 8. The minimum absolute atomic E-state index is 0.0366. The highest BCUT2D eigenvalue weighted by atomic mass is 33.1. The highest BCUT2D eigenvalue weighted by Crippen LogP contribution is 2.28. The summed E-state index contributed by atoms with van der Waals surface area (Å²) in [6, 6.07) is -19.9. The van der Waals surface area contributed by atoms with Crippen molar-refractivity contribution in [3.63, 3.8) is 0 Å². The summed E-state index contributed by atoms with van der Waals surface area (Å²) in [6.45, 7) is 2.50. The van der Waals surface area contributed by atoms with E-state index in [1.807, 2.05) is 0 Å². The molecule has 16 amide bonds. The van der Waals surface area contributed by atoms with Crippen LogP contribution < -0.4 is 81.4 Å². The number of primary amides is 2. The minimum Gasteiger partial charge on any atom is -0.394 e. The molecule has 5 rings (SSSR count). The average molecular weight is 1400 g/mol. The lowest BCUT2D eigenvalue weighted by Gasteiger charge is -2.33. The number of carbonyl (C=O) groups excluding carboxylic acids is 16. The SMILES string of the molecule is CC[C@H](C)[C@@H]1NC(=O)[C@@H]2CCCN2C(=O)[C@@H]2CCCN2C(=O)CNC(=O)[C@H](CO)NC(=O)[C@H](CCCN=C(N)N)NC(=O)[C@H]([C@@H](C)O)NC(=O)[C@@H]2CSSC[C@H](NC1=O)C(=O)N[C@@H](CC(N)=O)C(=O)N1CCC[C@H]1C(=O)N[C@@H](CC(N)=O)C(=O)NCC(=O)N[C@@H]([C@@H](C)O)C(=O)N2. The summed E-state index contributed by atoms with van der Waals surface area (Å²) >= 11 is 0. The van der Waals surface area contributed by atoms with Crippen LogP contribution in [0.1, 0.15) is 98.3 Å². The van der Waals surface area contributed by atoms with Gasteiger partial charge in [0.15, 0.2) is 5.96 Å². The number of nitrogens with one attached hydrogen (secondary N) is 11. The van der Waals surface area contributed by atoms with Gasteiger partial charge in [-0.15, -0.1) is 0 Å². The molecule has 534 valence electrons. The van der Waals surface area contributed by atoms with Crippen molar-refractivity contribution in [2.75, 3.05) is 57.4 Å². The number of nitrogens with zero attached hydrogens (tertiary/aromatic N) is 4. The van der Waals surface area contributed by atoms with Crippen LogP contribution in [0, 0.1) is 5.92 Å². The molecule has 2 bridgehead atoms. The largest absolute Gasteiger partial charge is 0.394 e. The highest BCUT2D eigenvalue weighted by molar-refractivity contribution is 8.76. The van der Waals surface area contributed by atoms with Crippen molar-refractivity contribution in [3.05, 3.63) is 0 Å². The molecule has 5 heterocycles. The van der Waals surface area contributed by atoms with Crippen molar-refractivity contribution in [1.29, 1.82) is 0 Å². The summed E-state index contributed by atoms with van der Waals surface area (Å²) in [7, 11) is 1.47. The van der Waals surface area contributed by atoms with E-state index in [0.717, 1.165) is 40.3 Å². The van der Waals surface area contributed by atoms with Crippen LogP contribution in [-0.4, -0.2) is 273 Å². The Morgan fingerprint density at radius 2 is 0.958 bits per heavy atom. The van der Waals surface area contributed by atoms with Gasteiger partial charge in [-0.3, -0.25) is 81.7 Å². The molecule has 15 atom stereocenters. The van der Waals surface area contributed by atoms with E-state index in [-0.39, 0.29) is 77.1 Å². The molecular weight excluding hydrogens is 1310 g/mol. The zero-order valence-corrected chi connectivity index (χ0v) is 55.2. The summed E-state index contributed by atoms with van der Waals surface area (Å²) in [5, 5.41) is 58.6. The molecule has 0 aromatic heterocycles. The maximum absolute atomic E-state index is 14.8. The fourth-order valence-corrected chi connectivity index (χ4v) is 13.5. The first-order chi connectivity index (χ1) is 45.4. The summed E-state index contributed by atoms with van der Waals surface area (Å²) in [5.41, 5.74) is 22.0. The molecule has 0 aromatic rings. The van der Waals surface area contributed by atoms with Crippen molar-refractivity contribution >= 4 is 122 Å². The molecule has 5 fully saturated rings. The Kier molecular flexibility index (Phi) is 30.1. The van der Waals surface area contributed by atoms with E-state index in [1.165, 1.54) is 9.80 Å². The van der Waals surface area contributed by atoms with Crippen LogP contribution in [-0.2, 0) is 76.7 Å². The van der Waals surface area contributed by atoms with Crippen molar-refractivity contribution in [2.24, 2.45) is 33.8 Å². The van der Waals surface area contributed by atoms with Crippen LogP contribution in [0.2, 0.25) is 0 Å². The minimum atomic E-state index is -2.01. The second-order valence-electron chi connectivity index (χ2n) is 23.9. The van der Waals surface area contributed by atoms with Crippen molar-refractivity contribution in [3.8, 4) is 0 Å². The molecular formula is C56H89N19O19S2. The van der Waals surface area contributed by atoms with Crippen LogP contribution >= 0.6 is 21.6 Å². The van der Waals surface area contributed by atoms with Crippen molar-refractivity contribution in [2.45, 2.75) is 183 Å². The number of amides is 16. The second kappa shape index (κ2) is 37.0. The Hall–Kier alpha value is -8.63. The molecule has 0 spiro atoms. The molecule has 96 heavy (non-hydrogen) atoms. The van der Waals surface area contributed by atoms with Crippen LogP contribution in [0.25, 0.3) is 0 Å². The molecule has 5 aliphatic heterocycles. The Balaban J connectivity index is 1.65. The lowest BCUT2D eigenvalue weighted by molar-refractivity contribution is -0.147. The lowest BCUT2D eigenvalue weighted by Crippen LogP contribution is -2.62. The van der Waals surface area contributed by atoms with Crippen molar-refractivity contribution in [1.82, 2.24) is 73.2 Å². The van der Waals surface area contributed by atoms with Gasteiger partial charge in [0.05, 0.1) is 44.7 Å². The third kappa shape index (κ3) is 22.2. The van der Waals surface area contributed by atoms with Gasteiger partial charge in [-0.25, -0.2) is 0 Å². The van der Waals surface area contributed by atoms with Crippen LogP contribution in [0.15, 0.2) is 4.99 Å². The monoisotopic (exact) mass is 1400 g/mol. The van der Waals surface area contributed by atoms with Crippen molar-refractivity contribution < 1.29 is 92.0 Å². The maximum atomic E-state index is 14.8. The number of nitrogens with two attached hydrogens (primary N) is 4. The van der Waals surface area contributed by atoms with Gasteiger partial charge in [-0.05, 0) is 71.1 Å². The number of carbonyl (C=O) groups is 16. The van der Waals surface area contributed by atoms with Gasteiger partial charge in [0.1, 0.15) is 72.5 Å². The molecule has 0 unspecified atom stereocenters. The Morgan fingerprint density at radius 3 is 1.51 bits per heavy atom. The molecule has 40 heteroatoms. The number of hydrogen-bond acceptors (Lipinski definition) is 22. The highest BCUT2D eigenvalue weighted by Gasteiger charge is 2.45. The second-order valence-corrected chi connectivity index (χ2v) is 26.4. The predicted molar refractivity (Wildman–Crippen MR) is 340 cm³/mol. The van der Waals surface area contributed by atoms with E-state index < -0.39 is 229 Å². The summed E-state index contributed by atoms with van der Waals surface area (Å²) < 4.78 is 0. The molecule has 22 N–H and O–H groups in total. The normalized spacial score (nSPS) is 29.3. The lowest BCUT2D eigenvalue weighted by atomic mass is 9.97. The Labute approximate surface area is 559 Å². The first kappa shape index (κ1) is 78.1. The molecule has 5 saturated heterocycles. The van der Waals surface area contributed by atoms with E-state index in [1.54, 1.807) is 13.8 Å². The number of hydrogen-bond donors (Lipinski definition) is 18. The molecule has 0 saturated carbocycles. The molecule has 38 nitrogen and oxygen atoms in total. The van der Waals surface area contributed by atoms with Gasteiger partial charge in [-0.1, -0.05) is 41.9 Å². The van der Waals surface area contributed by atoms with Gasteiger partial charge in [0.2, 0.25) is 94.5 Å². The van der Waals surface area contributed by atoms with E-state index in [9.17, 15) is 92.0 Å². The molecule has 0 radical (unpaired) electrons. The Morgan fingerprint density at radius 1 is 0.510 bits per heavy atom. The number of rotatable bonds is 13.